The molecule has 0 bridgehead atoms. The first-order chi connectivity index (χ1) is 16.9. The average Bonchev–Trinajstić information content (AvgIpc) is 3.24. The minimum absolute atomic E-state index is 0.178. The molecule has 0 spiro atoms. The van der Waals surface area contributed by atoms with Gasteiger partial charge >= 0.3 is 5.89 Å². The fourth-order valence-electron chi connectivity index (χ4n) is 3.98. The maximum atomic E-state index is 10.4. The molecular formula is C28H27NO5S. The topological polar surface area (TPSA) is 83.5 Å². The first-order valence-electron chi connectivity index (χ1n) is 11.3. The summed E-state index contributed by atoms with van der Waals surface area (Å²) in [5, 5.41) is 0. The van der Waals surface area contributed by atoms with Gasteiger partial charge in [-0.05, 0) is 54.8 Å². The maximum absolute atomic E-state index is 10.4. The Labute approximate surface area is 205 Å². The number of hydrogen-bond donors (Lipinski definition) is 0. The van der Waals surface area contributed by atoms with Crippen molar-refractivity contribution in [2.45, 2.75) is 31.2 Å². The predicted octanol–water partition coefficient (Wildman–Crippen LogP) is 5.62. The molecule has 35 heavy (non-hydrogen) atoms. The van der Waals surface area contributed by atoms with Crippen LogP contribution in [0.4, 0.5) is 0 Å². The Morgan fingerprint density at radius 2 is 1.74 bits per heavy atom. The second-order valence-electron chi connectivity index (χ2n) is 8.23. The highest BCUT2D eigenvalue weighted by Crippen LogP contribution is 2.29. The summed E-state index contributed by atoms with van der Waals surface area (Å²) in [5.41, 5.74) is 6.68. The molecule has 0 radical (unpaired) electrons. The molecule has 7 heteroatoms. The molecule has 5 rings (SSSR count). The molecule has 0 atom stereocenters. The maximum Gasteiger partial charge on any atom is 0.377 e. The number of fused-ring (bicyclic) bond motifs is 3. The molecular weight excluding hydrogens is 462 g/mol. The van der Waals surface area contributed by atoms with E-state index in [0.717, 1.165) is 41.9 Å². The van der Waals surface area contributed by atoms with Crippen molar-refractivity contribution in [2.24, 2.45) is 0 Å². The highest BCUT2D eigenvalue weighted by molar-refractivity contribution is 7.85. The zero-order valence-corrected chi connectivity index (χ0v) is 20.5. The third-order valence-corrected chi connectivity index (χ3v) is 6.58. The lowest BCUT2D eigenvalue weighted by atomic mass is 10.0. The molecule has 0 amide bonds. The Bertz CT molecular complexity index is 1470. The Morgan fingerprint density at radius 3 is 2.43 bits per heavy atom. The van der Waals surface area contributed by atoms with E-state index >= 15 is 0 Å². The smallest absolute Gasteiger partial charge is 0.377 e. The van der Waals surface area contributed by atoms with Crippen LogP contribution in [-0.2, 0) is 21.4 Å². The van der Waals surface area contributed by atoms with E-state index in [0.29, 0.717) is 0 Å². The molecule has 0 aliphatic carbocycles. The van der Waals surface area contributed by atoms with Gasteiger partial charge in [0.15, 0.2) is 6.54 Å². The molecule has 1 aliphatic rings. The molecule has 2 heterocycles. The summed E-state index contributed by atoms with van der Waals surface area (Å²) in [7, 11) is -2.61. The summed E-state index contributed by atoms with van der Waals surface area (Å²) >= 11 is 0. The van der Waals surface area contributed by atoms with Crippen molar-refractivity contribution in [3.8, 4) is 11.1 Å². The first kappa shape index (κ1) is 24.4. The van der Waals surface area contributed by atoms with Gasteiger partial charge in [-0.15, -0.1) is 0 Å². The Balaban J connectivity index is 0.000000221. The van der Waals surface area contributed by atoms with Crippen molar-refractivity contribution >= 4 is 26.8 Å². The van der Waals surface area contributed by atoms with E-state index in [9.17, 15) is 13.0 Å². The predicted molar refractivity (Wildman–Crippen MR) is 134 cm³/mol. The van der Waals surface area contributed by atoms with E-state index < -0.39 is 10.1 Å². The van der Waals surface area contributed by atoms with Crippen LogP contribution in [0.2, 0.25) is 0 Å². The molecule has 0 N–H and O–H groups in total. The largest absolute Gasteiger partial charge is 0.744 e. The van der Waals surface area contributed by atoms with Crippen LogP contribution in [0.5, 0.6) is 0 Å². The molecule has 1 aromatic heterocycles. The number of allylic oxidation sites excluding steroid dienone is 3. The van der Waals surface area contributed by atoms with Gasteiger partial charge in [0.2, 0.25) is 5.58 Å². The van der Waals surface area contributed by atoms with Crippen molar-refractivity contribution in [3.05, 3.63) is 103 Å². The third kappa shape index (κ3) is 5.88. The number of ether oxygens (including phenoxy) is 1. The number of methoxy groups -OCH3 is 1. The summed E-state index contributed by atoms with van der Waals surface area (Å²) in [5.74, 6) is 0.960. The van der Waals surface area contributed by atoms with Crippen LogP contribution in [0.25, 0.3) is 27.8 Å². The Hall–Kier alpha value is -3.68. The van der Waals surface area contributed by atoms with Gasteiger partial charge in [0.1, 0.15) is 10.1 Å². The highest BCUT2D eigenvalue weighted by Gasteiger charge is 2.29. The van der Waals surface area contributed by atoms with Gasteiger partial charge in [-0.1, -0.05) is 54.1 Å². The summed E-state index contributed by atoms with van der Waals surface area (Å²) in [4.78, 5) is -0.178. The molecule has 6 nitrogen and oxygen atoms in total. The molecule has 1 aliphatic heterocycles. The monoisotopic (exact) mass is 489 g/mol. The standard InChI is InChI=1S/C21H20NO2.C7H8O3S/c1-23-14-6-10-17-9-5-13-22-19-15-18(16-7-3-2-4-8-16)11-12-20(19)24-21(17)22;1-6-2-4-7(5-3-6)11(8,9)10/h2-4,6-8,10-12,14-15H,5,9,13H2,1H3;2-5H,1H3,(H,8,9,10)/q+1;/p-1. The molecule has 3 aromatic carbocycles. The normalized spacial score (nSPS) is 14.5. The minimum Gasteiger partial charge on any atom is -0.744 e. The molecule has 0 fully saturated rings. The number of oxazole rings is 1. The van der Waals surface area contributed by atoms with Crippen LogP contribution in [0.3, 0.4) is 0 Å². The zero-order valence-electron chi connectivity index (χ0n) is 19.7. The van der Waals surface area contributed by atoms with Crippen LogP contribution in [-0.4, -0.2) is 20.1 Å². The van der Waals surface area contributed by atoms with Crippen molar-refractivity contribution in [3.63, 3.8) is 0 Å². The average molecular weight is 490 g/mol. The third-order valence-electron chi connectivity index (χ3n) is 5.73. The van der Waals surface area contributed by atoms with Gasteiger partial charge in [-0.3, -0.25) is 0 Å². The molecule has 4 aromatic rings. The number of nitrogens with zero attached hydrogens (tertiary/aromatic N) is 1. The van der Waals surface area contributed by atoms with E-state index in [-0.39, 0.29) is 4.90 Å². The van der Waals surface area contributed by atoms with Crippen molar-refractivity contribution < 1.29 is 26.7 Å². The van der Waals surface area contributed by atoms with Crippen LogP contribution in [0.1, 0.15) is 24.3 Å². The number of benzene rings is 3. The Kier molecular flexibility index (Phi) is 7.48. The van der Waals surface area contributed by atoms with E-state index in [1.165, 1.54) is 28.8 Å². The summed E-state index contributed by atoms with van der Waals surface area (Å²) in [6.07, 6.45) is 7.83. The van der Waals surface area contributed by atoms with Gasteiger partial charge in [0.05, 0.1) is 23.8 Å². The molecule has 0 saturated carbocycles. The quantitative estimate of drug-likeness (QED) is 0.211. The number of aryl methyl sites for hydroxylation is 2. The minimum atomic E-state index is -4.27. The van der Waals surface area contributed by atoms with E-state index in [2.05, 4.69) is 53.1 Å². The number of aromatic nitrogens is 1. The lowest BCUT2D eigenvalue weighted by Crippen LogP contribution is -2.39. The second-order valence-corrected chi connectivity index (χ2v) is 9.61. The summed E-state index contributed by atoms with van der Waals surface area (Å²) < 4.78 is 44.6. The fourth-order valence-corrected chi connectivity index (χ4v) is 4.45. The summed E-state index contributed by atoms with van der Waals surface area (Å²) in [6.45, 7) is 2.81. The van der Waals surface area contributed by atoms with Crippen molar-refractivity contribution in [2.75, 3.05) is 7.11 Å². The number of rotatable bonds is 4. The SMILES string of the molecule is COC=CC=C1CCC[n+]2c1oc1ccc(-c3ccccc3)cc12.Cc1ccc(S(=O)(=O)[O-])cc1. The van der Waals surface area contributed by atoms with Crippen molar-refractivity contribution in [1.29, 1.82) is 0 Å². The van der Waals surface area contributed by atoms with Gasteiger partial charge in [-0.2, -0.15) is 4.57 Å². The van der Waals surface area contributed by atoms with Crippen LogP contribution in [0, 0.1) is 6.92 Å². The first-order valence-corrected chi connectivity index (χ1v) is 12.7. The molecule has 0 saturated heterocycles. The van der Waals surface area contributed by atoms with E-state index in [1.807, 2.05) is 19.1 Å². The molecule has 180 valence electrons. The highest BCUT2D eigenvalue weighted by atomic mass is 32.2. The second kappa shape index (κ2) is 10.7. The van der Waals surface area contributed by atoms with E-state index in [1.54, 1.807) is 25.5 Å². The lowest BCUT2D eigenvalue weighted by molar-refractivity contribution is -0.682. The van der Waals surface area contributed by atoms with Gasteiger partial charge < -0.3 is 13.7 Å². The van der Waals surface area contributed by atoms with Crippen LogP contribution < -0.4 is 4.57 Å². The van der Waals surface area contributed by atoms with Gasteiger partial charge in [0.25, 0.3) is 5.52 Å². The van der Waals surface area contributed by atoms with Crippen LogP contribution in [0.15, 0.2) is 101 Å². The van der Waals surface area contributed by atoms with Crippen molar-refractivity contribution in [1.82, 2.24) is 0 Å². The van der Waals surface area contributed by atoms with Crippen LogP contribution >= 0.6 is 0 Å². The molecule has 0 unspecified atom stereocenters. The Morgan fingerprint density at radius 1 is 1.00 bits per heavy atom. The fraction of sp³-hybridized carbons (Fsp3) is 0.179. The zero-order chi connectivity index (χ0) is 24.8. The van der Waals surface area contributed by atoms with Gasteiger partial charge in [0, 0.05) is 12.5 Å². The lowest BCUT2D eigenvalue weighted by Gasteiger charge is -2.07. The number of hydrogen-bond acceptors (Lipinski definition) is 5. The van der Waals surface area contributed by atoms with Gasteiger partial charge in [-0.25, -0.2) is 8.42 Å². The van der Waals surface area contributed by atoms with E-state index in [4.69, 9.17) is 9.15 Å². The summed E-state index contributed by atoms with van der Waals surface area (Å²) in [6, 6.07) is 22.7.